The van der Waals surface area contributed by atoms with Crippen molar-refractivity contribution in [3.8, 4) is 0 Å². The van der Waals surface area contributed by atoms with Crippen molar-refractivity contribution in [1.82, 2.24) is 4.57 Å². The van der Waals surface area contributed by atoms with Gasteiger partial charge in [0.05, 0.1) is 0 Å². The number of nitrogens with zero attached hydrogens (tertiary/aromatic N) is 1. The van der Waals surface area contributed by atoms with Crippen LogP contribution in [0.4, 0.5) is 0 Å². The Balaban J connectivity index is 2.94. The van der Waals surface area contributed by atoms with Crippen molar-refractivity contribution in [1.29, 1.82) is 0 Å². The Hall–Kier alpha value is -0.720. The molecule has 0 atom stereocenters. The van der Waals surface area contributed by atoms with Crippen molar-refractivity contribution in [2.75, 3.05) is 0 Å². The largest absolute Gasteiger partial charge is 0.349 e. The van der Waals surface area contributed by atoms with Crippen LogP contribution in [0.1, 0.15) is 25.6 Å². The molecule has 0 aliphatic rings. The minimum absolute atomic E-state index is 0.597. The standard InChI is InChI=1S/C8H13N/c1-7(2)9-6-4-5-8(9)3/h4-7H,1-3H3. The highest BCUT2D eigenvalue weighted by Gasteiger charge is 1.96. The normalized spacial score (nSPS) is 10.7. The molecule has 1 heterocycles. The van der Waals surface area contributed by atoms with Crippen LogP contribution in [0.2, 0.25) is 0 Å². The minimum Gasteiger partial charge on any atom is -0.349 e. The van der Waals surface area contributed by atoms with Crippen molar-refractivity contribution in [3.63, 3.8) is 0 Å². The van der Waals surface area contributed by atoms with E-state index < -0.39 is 0 Å². The number of hydrogen-bond acceptors (Lipinski definition) is 0. The predicted molar refractivity (Wildman–Crippen MR) is 39.6 cm³/mol. The molecule has 0 saturated heterocycles. The van der Waals surface area contributed by atoms with Crippen LogP contribution < -0.4 is 0 Å². The summed E-state index contributed by atoms with van der Waals surface area (Å²) in [7, 11) is 0. The van der Waals surface area contributed by atoms with Crippen molar-refractivity contribution < 1.29 is 0 Å². The molecule has 1 heteroatoms. The minimum atomic E-state index is 0.597. The van der Waals surface area contributed by atoms with E-state index in [4.69, 9.17) is 0 Å². The van der Waals surface area contributed by atoms with Crippen LogP contribution in [0.15, 0.2) is 18.3 Å². The van der Waals surface area contributed by atoms with Crippen molar-refractivity contribution in [2.45, 2.75) is 26.8 Å². The van der Waals surface area contributed by atoms with Crippen LogP contribution in [0.25, 0.3) is 0 Å². The van der Waals surface area contributed by atoms with E-state index in [0.29, 0.717) is 6.04 Å². The first-order valence-corrected chi connectivity index (χ1v) is 3.35. The molecule has 0 aromatic carbocycles. The number of aryl methyl sites for hydroxylation is 1. The smallest absolute Gasteiger partial charge is 0.0276 e. The van der Waals surface area contributed by atoms with E-state index in [1.807, 2.05) is 0 Å². The molecular formula is C8H13N. The zero-order chi connectivity index (χ0) is 6.85. The third kappa shape index (κ3) is 1.15. The molecule has 0 radical (unpaired) electrons. The van der Waals surface area contributed by atoms with Crippen molar-refractivity contribution in [2.24, 2.45) is 0 Å². The molecule has 0 N–H and O–H groups in total. The van der Waals surface area contributed by atoms with E-state index >= 15 is 0 Å². The summed E-state index contributed by atoms with van der Waals surface area (Å²) in [6, 6.07) is 4.80. The third-order valence-corrected chi connectivity index (χ3v) is 1.55. The lowest BCUT2D eigenvalue weighted by atomic mass is 10.4. The second-order valence-electron chi connectivity index (χ2n) is 2.65. The van der Waals surface area contributed by atoms with Gasteiger partial charge in [0, 0.05) is 17.9 Å². The molecule has 0 spiro atoms. The summed E-state index contributed by atoms with van der Waals surface area (Å²) in [4.78, 5) is 0. The van der Waals surface area contributed by atoms with E-state index in [2.05, 4.69) is 43.7 Å². The summed E-state index contributed by atoms with van der Waals surface area (Å²) >= 11 is 0. The van der Waals surface area contributed by atoms with E-state index in [1.165, 1.54) is 5.69 Å². The van der Waals surface area contributed by atoms with E-state index in [9.17, 15) is 0 Å². The van der Waals surface area contributed by atoms with Crippen LogP contribution in [0.3, 0.4) is 0 Å². The lowest BCUT2D eigenvalue weighted by molar-refractivity contribution is 0.589. The van der Waals surface area contributed by atoms with Gasteiger partial charge in [0.2, 0.25) is 0 Å². The molecule has 50 valence electrons. The van der Waals surface area contributed by atoms with Gasteiger partial charge in [-0.25, -0.2) is 0 Å². The van der Waals surface area contributed by atoms with Crippen LogP contribution >= 0.6 is 0 Å². The highest BCUT2D eigenvalue weighted by Crippen LogP contribution is 2.08. The monoisotopic (exact) mass is 123 g/mol. The second-order valence-corrected chi connectivity index (χ2v) is 2.65. The Morgan fingerprint density at radius 1 is 1.44 bits per heavy atom. The van der Waals surface area contributed by atoms with Crippen LogP contribution in [0.5, 0.6) is 0 Å². The first-order valence-electron chi connectivity index (χ1n) is 3.35. The summed E-state index contributed by atoms with van der Waals surface area (Å²) < 4.78 is 2.25. The maximum Gasteiger partial charge on any atom is 0.0276 e. The van der Waals surface area contributed by atoms with Crippen molar-refractivity contribution >= 4 is 0 Å². The lowest BCUT2D eigenvalue weighted by Gasteiger charge is -2.08. The molecule has 1 nitrogen and oxygen atoms in total. The topological polar surface area (TPSA) is 4.93 Å². The summed E-state index contributed by atoms with van der Waals surface area (Å²) in [5.41, 5.74) is 1.34. The zero-order valence-corrected chi connectivity index (χ0v) is 6.26. The fraction of sp³-hybridized carbons (Fsp3) is 0.500. The van der Waals surface area contributed by atoms with E-state index in [1.54, 1.807) is 0 Å². The van der Waals surface area contributed by atoms with Gasteiger partial charge in [-0.15, -0.1) is 0 Å². The van der Waals surface area contributed by atoms with Gasteiger partial charge in [-0.05, 0) is 32.9 Å². The van der Waals surface area contributed by atoms with E-state index in [0.717, 1.165) is 0 Å². The fourth-order valence-electron chi connectivity index (χ4n) is 1.06. The molecule has 1 aromatic rings. The van der Waals surface area contributed by atoms with Gasteiger partial charge in [0.1, 0.15) is 0 Å². The number of hydrogen-bond donors (Lipinski definition) is 0. The molecular weight excluding hydrogens is 110 g/mol. The summed E-state index contributed by atoms with van der Waals surface area (Å²) in [6.45, 7) is 6.50. The van der Waals surface area contributed by atoms with Gasteiger partial charge in [0.15, 0.2) is 0 Å². The molecule has 0 amide bonds. The lowest BCUT2D eigenvalue weighted by Crippen LogP contribution is -1.99. The molecule has 1 rings (SSSR count). The quantitative estimate of drug-likeness (QED) is 0.540. The SMILES string of the molecule is Cc1cccn1C(C)C. The summed E-state index contributed by atoms with van der Waals surface area (Å²) in [5, 5.41) is 0. The van der Waals surface area contributed by atoms with Crippen molar-refractivity contribution in [3.05, 3.63) is 24.0 Å². The summed E-state index contributed by atoms with van der Waals surface area (Å²) in [5.74, 6) is 0. The van der Waals surface area contributed by atoms with Gasteiger partial charge in [-0.1, -0.05) is 0 Å². The van der Waals surface area contributed by atoms with Gasteiger partial charge >= 0.3 is 0 Å². The van der Waals surface area contributed by atoms with Gasteiger partial charge in [-0.3, -0.25) is 0 Å². The Labute approximate surface area is 56.3 Å². The first kappa shape index (κ1) is 6.40. The maximum atomic E-state index is 2.25. The molecule has 1 aromatic heterocycles. The predicted octanol–water partition coefficient (Wildman–Crippen LogP) is 2.38. The average Bonchev–Trinajstić information content (AvgIpc) is 2.13. The molecule has 0 aliphatic carbocycles. The third-order valence-electron chi connectivity index (χ3n) is 1.55. The van der Waals surface area contributed by atoms with Crippen LogP contribution in [-0.4, -0.2) is 4.57 Å². The Kier molecular flexibility index (Phi) is 1.60. The highest BCUT2D eigenvalue weighted by atomic mass is 15.0. The van der Waals surface area contributed by atoms with Gasteiger partial charge in [-0.2, -0.15) is 0 Å². The molecule has 9 heavy (non-hydrogen) atoms. The molecule has 0 unspecified atom stereocenters. The molecule has 0 aliphatic heterocycles. The first-order chi connectivity index (χ1) is 4.22. The summed E-state index contributed by atoms with van der Waals surface area (Å²) in [6.07, 6.45) is 2.11. The molecule has 0 fully saturated rings. The number of rotatable bonds is 1. The molecule has 0 bridgehead atoms. The Bertz CT molecular complexity index is 186. The van der Waals surface area contributed by atoms with Gasteiger partial charge < -0.3 is 4.57 Å². The van der Waals surface area contributed by atoms with Gasteiger partial charge in [0.25, 0.3) is 0 Å². The van der Waals surface area contributed by atoms with E-state index in [-0.39, 0.29) is 0 Å². The Morgan fingerprint density at radius 2 is 2.11 bits per heavy atom. The number of aromatic nitrogens is 1. The average molecular weight is 123 g/mol. The second kappa shape index (κ2) is 2.26. The maximum absolute atomic E-state index is 2.25. The fourth-order valence-corrected chi connectivity index (χ4v) is 1.06. The highest BCUT2D eigenvalue weighted by molar-refractivity contribution is 5.05. The Morgan fingerprint density at radius 3 is 2.33 bits per heavy atom. The van der Waals surface area contributed by atoms with Crippen LogP contribution in [0, 0.1) is 6.92 Å². The zero-order valence-electron chi connectivity index (χ0n) is 6.26. The van der Waals surface area contributed by atoms with Crippen LogP contribution in [-0.2, 0) is 0 Å². The molecule has 0 saturated carbocycles.